The van der Waals surface area contributed by atoms with Gasteiger partial charge in [0.05, 0.1) is 23.5 Å². The predicted octanol–water partition coefficient (Wildman–Crippen LogP) is 3.36. The second-order valence-electron chi connectivity index (χ2n) is 5.51. The zero-order valence-electron chi connectivity index (χ0n) is 13.2. The second-order valence-corrected chi connectivity index (χ2v) is 5.51. The van der Waals surface area contributed by atoms with Crippen LogP contribution in [0.15, 0.2) is 67.4 Å². The number of fused-ring (bicyclic) bond motifs is 1. The fourth-order valence-electron chi connectivity index (χ4n) is 2.62. The fraction of sp³-hybridized carbons (Fsp3) is 0.111. The minimum absolute atomic E-state index is 0.152. The molecule has 0 unspecified atom stereocenters. The molecule has 118 valence electrons. The molecule has 0 saturated heterocycles. The third-order valence-electron chi connectivity index (χ3n) is 3.89. The maximum absolute atomic E-state index is 4.63. The van der Waals surface area contributed by atoms with Gasteiger partial charge in [-0.05, 0) is 18.6 Å². The van der Waals surface area contributed by atoms with Gasteiger partial charge in [0, 0.05) is 24.6 Å². The third kappa shape index (κ3) is 2.69. The first-order valence-corrected chi connectivity index (χ1v) is 7.73. The SMILES string of the molecule is C[C@H](Nc1ccnc(-c2cnn3ccncc23)n1)c1ccccc1. The highest BCUT2D eigenvalue weighted by atomic mass is 15.2. The van der Waals surface area contributed by atoms with Crippen molar-refractivity contribution in [1.29, 1.82) is 0 Å². The molecular weight excluding hydrogens is 300 g/mol. The smallest absolute Gasteiger partial charge is 0.165 e. The van der Waals surface area contributed by atoms with Gasteiger partial charge in [0.15, 0.2) is 5.82 Å². The van der Waals surface area contributed by atoms with Crippen LogP contribution < -0.4 is 5.32 Å². The highest BCUT2D eigenvalue weighted by Gasteiger charge is 2.11. The second kappa shape index (κ2) is 6.08. The molecule has 1 aromatic carbocycles. The van der Waals surface area contributed by atoms with Crippen LogP contribution in [0.2, 0.25) is 0 Å². The van der Waals surface area contributed by atoms with Gasteiger partial charge < -0.3 is 5.32 Å². The highest BCUT2D eigenvalue weighted by Crippen LogP contribution is 2.23. The van der Waals surface area contributed by atoms with Crippen LogP contribution in [0.4, 0.5) is 5.82 Å². The van der Waals surface area contributed by atoms with E-state index in [0.717, 1.165) is 16.9 Å². The standard InChI is InChI=1S/C18H16N6/c1-13(14-5-3-2-4-6-14)22-17-7-8-20-18(23-17)15-11-21-24-10-9-19-12-16(15)24/h2-13H,1H3,(H,20,22,23)/t13-/m0/s1. The van der Waals surface area contributed by atoms with Crippen molar-refractivity contribution >= 4 is 11.3 Å². The molecule has 3 heterocycles. The summed E-state index contributed by atoms with van der Waals surface area (Å²) in [4.78, 5) is 13.2. The maximum Gasteiger partial charge on any atom is 0.165 e. The molecule has 6 nitrogen and oxygen atoms in total. The summed E-state index contributed by atoms with van der Waals surface area (Å²) in [6.45, 7) is 2.11. The Morgan fingerprint density at radius 1 is 1.04 bits per heavy atom. The fourth-order valence-corrected chi connectivity index (χ4v) is 2.62. The molecule has 0 spiro atoms. The minimum atomic E-state index is 0.152. The van der Waals surface area contributed by atoms with Crippen LogP contribution in [0.3, 0.4) is 0 Å². The van der Waals surface area contributed by atoms with Crippen molar-refractivity contribution < 1.29 is 0 Å². The molecule has 4 rings (SSSR count). The van der Waals surface area contributed by atoms with Gasteiger partial charge in [0.25, 0.3) is 0 Å². The average molecular weight is 316 g/mol. The Morgan fingerprint density at radius 3 is 2.79 bits per heavy atom. The van der Waals surface area contributed by atoms with E-state index < -0.39 is 0 Å². The summed E-state index contributed by atoms with van der Waals surface area (Å²) in [6, 6.07) is 12.3. The summed E-state index contributed by atoms with van der Waals surface area (Å²) in [6.07, 6.45) is 8.78. The van der Waals surface area contributed by atoms with Crippen molar-refractivity contribution in [3.05, 3.63) is 72.9 Å². The molecule has 4 aromatic rings. The number of aromatic nitrogens is 5. The van der Waals surface area contributed by atoms with Crippen molar-refractivity contribution in [3.8, 4) is 11.4 Å². The van der Waals surface area contributed by atoms with E-state index >= 15 is 0 Å². The Morgan fingerprint density at radius 2 is 1.92 bits per heavy atom. The lowest BCUT2D eigenvalue weighted by Crippen LogP contribution is -2.08. The van der Waals surface area contributed by atoms with Gasteiger partial charge in [0.1, 0.15) is 5.82 Å². The molecule has 0 aliphatic heterocycles. The van der Waals surface area contributed by atoms with E-state index in [2.05, 4.69) is 44.4 Å². The molecule has 0 radical (unpaired) electrons. The quantitative estimate of drug-likeness (QED) is 0.625. The Labute approximate surface area is 139 Å². The molecule has 0 amide bonds. The first-order valence-electron chi connectivity index (χ1n) is 7.73. The number of hydrogen-bond acceptors (Lipinski definition) is 5. The van der Waals surface area contributed by atoms with Crippen LogP contribution in [0.25, 0.3) is 16.9 Å². The highest BCUT2D eigenvalue weighted by molar-refractivity contribution is 5.75. The summed E-state index contributed by atoms with van der Waals surface area (Å²) in [5.41, 5.74) is 2.95. The summed E-state index contributed by atoms with van der Waals surface area (Å²) >= 11 is 0. The predicted molar refractivity (Wildman–Crippen MR) is 92.5 cm³/mol. The van der Waals surface area contributed by atoms with E-state index in [-0.39, 0.29) is 6.04 Å². The van der Waals surface area contributed by atoms with Gasteiger partial charge >= 0.3 is 0 Å². The lowest BCUT2D eigenvalue weighted by Gasteiger charge is -2.15. The van der Waals surface area contributed by atoms with Crippen molar-refractivity contribution in [3.63, 3.8) is 0 Å². The first kappa shape index (κ1) is 14.3. The van der Waals surface area contributed by atoms with Crippen LogP contribution in [0.1, 0.15) is 18.5 Å². The number of nitrogens with one attached hydrogen (secondary N) is 1. The van der Waals surface area contributed by atoms with Gasteiger partial charge in [-0.3, -0.25) is 4.98 Å². The molecule has 3 aromatic heterocycles. The van der Waals surface area contributed by atoms with Crippen LogP contribution in [0.5, 0.6) is 0 Å². The van der Waals surface area contributed by atoms with E-state index in [4.69, 9.17) is 0 Å². The largest absolute Gasteiger partial charge is 0.363 e. The van der Waals surface area contributed by atoms with Crippen LogP contribution in [-0.2, 0) is 0 Å². The summed E-state index contributed by atoms with van der Waals surface area (Å²) in [7, 11) is 0. The van der Waals surface area contributed by atoms with E-state index in [1.54, 1.807) is 35.5 Å². The number of nitrogens with zero attached hydrogens (tertiary/aromatic N) is 5. The lowest BCUT2D eigenvalue weighted by atomic mass is 10.1. The van der Waals surface area contributed by atoms with E-state index in [1.165, 1.54) is 5.56 Å². The number of rotatable bonds is 4. The van der Waals surface area contributed by atoms with Crippen LogP contribution in [0, 0.1) is 0 Å². The lowest BCUT2D eigenvalue weighted by molar-refractivity contribution is 0.873. The molecule has 0 aliphatic rings. The molecule has 6 heteroatoms. The molecule has 1 N–H and O–H groups in total. The van der Waals surface area contributed by atoms with Crippen molar-refractivity contribution in [2.45, 2.75) is 13.0 Å². The number of anilines is 1. The topological polar surface area (TPSA) is 68.0 Å². The molecule has 0 bridgehead atoms. The summed E-state index contributed by atoms with van der Waals surface area (Å²) < 4.78 is 1.76. The molecule has 1 atom stereocenters. The zero-order chi connectivity index (χ0) is 16.4. The Kier molecular flexibility index (Phi) is 3.63. The van der Waals surface area contributed by atoms with E-state index in [9.17, 15) is 0 Å². The van der Waals surface area contributed by atoms with Gasteiger partial charge in [-0.15, -0.1) is 0 Å². The molecule has 0 fully saturated rings. The summed E-state index contributed by atoms with van der Waals surface area (Å²) in [5, 5.41) is 7.72. The maximum atomic E-state index is 4.63. The zero-order valence-corrected chi connectivity index (χ0v) is 13.2. The van der Waals surface area contributed by atoms with Gasteiger partial charge in [-0.2, -0.15) is 5.10 Å². The molecule has 0 saturated carbocycles. The Bertz CT molecular complexity index is 963. The van der Waals surface area contributed by atoms with E-state index in [0.29, 0.717) is 5.82 Å². The summed E-state index contributed by atoms with van der Waals surface area (Å²) in [5.74, 6) is 1.41. The number of hydrogen-bond donors (Lipinski definition) is 1. The number of benzene rings is 1. The Hall–Kier alpha value is -3.28. The van der Waals surface area contributed by atoms with Crippen LogP contribution in [-0.4, -0.2) is 24.6 Å². The van der Waals surface area contributed by atoms with Crippen molar-refractivity contribution in [2.75, 3.05) is 5.32 Å². The minimum Gasteiger partial charge on any atom is -0.363 e. The van der Waals surface area contributed by atoms with Crippen molar-refractivity contribution in [2.24, 2.45) is 0 Å². The van der Waals surface area contributed by atoms with Gasteiger partial charge in [0.2, 0.25) is 0 Å². The normalized spacial score (nSPS) is 12.2. The van der Waals surface area contributed by atoms with E-state index in [1.807, 2.05) is 24.3 Å². The first-order chi connectivity index (χ1) is 11.8. The average Bonchev–Trinajstić information content (AvgIpc) is 3.07. The molecular formula is C18H16N6. The Balaban J connectivity index is 1.64. The third-order valence-corrected chi connectivity index (χ3v) is 3.89. The van der Waals surface area contributed by atoms with Gasteiger partial charge in [-0.1, -0.05) is 30.3 Å². The van der Waals surface area contributed by atoms with Crippen LogP contribution >= 0.6 is 0 Å². The van der Waals surface area contributed by atoms with Crippen molar-refractivity contribution in [1.82, 2.24) is 24.6 Å². The molecule has 24 heavy (non-hydrogen) atoms. The van der Waals surface area contributed by atoms with Gasteiger partial charge in [-0.25, -0.2) is 14.5 Å². The monoisotopic (exact) mass is 316 g/mol. The molecule has 0 aliphatic carbocycles.